The Balaban J connectivity index is 1.75. The number of rotatable bonds is 8. The molecule has 1 aliphatic heterocycles. The number of carbonyl (C=O) groups is 1. The molecule has 0 unspecified atom stereocenters. The second kappa shape index (κ2) is 8.89. The van der Waals surface area contributed by atoms with Gasteiger partial charge in [-0.2, -0.15) is 17.6 Å². The molecule has 1 aliphatic rings. The molecule has 1 aromatic heterocycles. The molecule has 158 valence electrons. The van der Waals surface area contributed by atoms with E-state index in [1.807, 2.05) is 0 Å². The van der Waals surface area contributed by atoms with Crippen LogP contribution in [-0.2, 0) is 11.3 Å². The van der Waals surface area contributed by atoms with E-state index in [-0.39, 0.29) is 36.2 Å². The van der Waals surface area contributed by atoms with E-state index in [0.717, 1.165) is 0 Å². The highest BCUT2D eigenvalue weighted by Crippen LogP contribution is 2.27. The predicted molar refractivity (Wildman–Crippen MR) is 98.0 cm³/mol. The molecule has 0 radical (unpaired) electrons. The monoisotopic (exact) mass is 424 g/mol. The van der Waals surface area contributed by atoms with E-state index >= 15 is 0 Å². The van der Waals surface area contributed by atoms with Crippen molar-refractivity contribution < 1.29 is 31.5 Å². The van der Waals surface area contributed by atoms with Gasteiger partial charge in [-0.15, -0.1) is 10.2 Å². The summed E-state index contributed by atoms with van der Waals surface area (Å²) in [6.45, 7) is 2.44. The first kappa shape index (κ1) is 21.2. The number of halogens is 4. The molecule has 0 bridgehead atoms. The highest BCUT2D eigenvalue weighted by molar-refractivity contribution is 6.01. The second-order valence-corrected chi connectivity index (χ2v) is 6.28. The standard InChI is InChI=1S/C19H16F4N4O3/c1-10(16-25-26-17(30-16)15(20)21)7-13-14(24-2)9-27(18(13)28)8-11-3-5-12(6-4-11)29-19(22)23/h3-7,15,19H,2,8-9H2,1H3/b10-7+. The Hall–Kier alpha value is -3.50. The number of carbonyl (C=O) groups excluding carboxylic acids is 1. The fourth-order valence-electron chi connectivity index (χ4n) is 2.80. The maximum absolute atomic E-state index is 12.8. The van der Waals surface area contributed by atoms with Gasteiger partial charge in [0.1, 0.15) is 5.75 Å². The molecular formula is C19H16F4N4O3. The minimum absolute atomic E-state index is 0.00930. The first-order valence-corrected chi connectivity index (χ1v) is 8.61. The molecule has 0 saturated carbocycles. The third-order valence-corrected chi connectivity index (χ3v) is 4.21. The Morgan fingerprint density at radius 2 is 2.00 bits per heavy atom. The maximum atomic E-state index is 12.8. The summed E-state index contributed by atoms with van der Waals surface area (Å²) in [5.74, 6) is -1.30. The lowest BCUT2D eigenvalue weighted by Gasteiger charge is -2.16. The van der Waals surface area contributed by atoms with Gasteiger partial charge in [0.05, 0.1) is 17.8 Å². The van der Waals surface area contributed by atoms with Crippen molar-refractivity contribution in [3.63, 3.8) is 0 Å². The van der Waals surface area contributed by atoms with E-state index in [4.69, 9.17) is 4.42 Å². The van der Waals surface area contributed by atoms with Crippen LogP contribution in [0.15, 0.2) is 51.0 Å². The number of ether oxygens (including phenoxy) is 1. The summed E-state index contributed by atoms with van der Waals surface area (Å²) in [5, 5.41) is 6.80. The van der Waals surface area contributed by atoms with Gasteiger partial charge in [0.25, 0.3) is 11.8 Å². The van der Waals surface area contributed by atoms with Gasteiger partial charge < -0.3 is 14.1 Å². The van der Waals surface area contributed by atoms with E-state index in [1.165, 1.54) is 30.0 Å². The molecule has 0 fully saturated rings. The first-order valence-electron chi connectivity index (χ1n) is 8.61. The molecule has 2 aromatic rings. The fraction of sp³-hybridized carbons (Fsp3) is 0.263. The number of benzene rings is 1. The number of allylic oxidation sites excluding steroid dienone is 1. The average Bonchev–Trinajstić information content (AvgIpc) is 3.30. The summed E-state index contributed by atoms with van der Waals surface area (Å²) in [5.41, 5.74) is 1.62. The molecule has 11 heteroatoms. The highest BCUT2D eigenvalue weighted by atomic mass is 19.3. The van der Waals surface area contributed by atoms with Crippen LogP contribution in [0.2, 0.25) is 0 Å². The molecule has 2 heterocycles. The molecule has 0 saturated heterocycles. The molecule has 7 nitrogen and oxygen atoms in total. The Bertz CT molecular complexity index is 999. The number of amides is 1. The van der Waals surface area contributed by atoms with Gasteiger partial charge in [0, 0.05) is 12.1 Å². The van der Waals surface area contributed by atoms with Crippen LogP contribution in [0.1, 0.15) is 30.7 Å². The third-order valence-electron chi connectivity index (χ3n) is 4.21. The van der Waals surface area contributed by atoms with Crippen LogP contribution < -0.4 is 4.74 Å². The minimum atomic E-state index is -2.92. The maximum Gasteiger partial charge on any atom is 0.387 e. The molecule has 3 rings (SSSR count). The Kier molecular flexibility index (Phi) is 6.28. The zero-order valence-electron chi connectivity index (χ0n) is 15.7. The lowest BCUT2D eigenvalue weighted by atomic mass is 10.1. The van der Waals surface area contributed by atoms with E-state index in [1.54, 1.807) is 12.1 Å². The van der Waals surface area contributed by atoms with Crippen LogP contribution in [-0.4, -0.2) is 40.9 Å². The largest absolute Gasteiger partial charge is 0.435 e. The molecule has 0 N–H and O–H groups in total. The Morgan fingerprint density at radius 1 is 1.30 bits per heavy atom. The lowest BCUT2D eigenvalue weighted by Crippen LogP contribution is -2.26. The smallest absolute Gasteiger partial charge is 0.387 e. The quantitative estimate of drug-likeness (QED) is 0.473. The molecule has 0 spiro atoms. The van der Waals surface area contributed by atoms with Crippen LogP contribution in [0.5, 0.6) is 5.75 Å². The third kappa shape index (κ3) is 4.73. The lowest BCUT2D eigenvalue weighted by molar-refractivity contribution is -0.125. The van der Waals surface area contributed by atoms with Gasteiger partial charge in [0.2, 0.25) is 5.89 Å². The predicted octanol–water partition coefficient (Wildman–Crippen LogP) is 4.01. The number of alkyl halides is 4. The zero-order valence-corrected chi connectivity index (χ0v) is 15.7. The van der Waals surface area contributed by atoms with Crippen molar-refractivity contribution in [3.8, 4) is 5.75 Å². The van der Waals surface area contributed by atoms with Gasteiger partial charge >= 0.3 is 13.0 Å². The van der Waals surface area contributed by atoms with E-state index in [0.29, 0.717) is 16.8 Å². The first-order chi connectivity index (χ1) is 14.3. The SMILES string of the molecule is C=NC1=C(/C=C(\C)c2nnc(C(F)F)o2)C(=O)N(Cc2ccc(OC(F)F)cc2)C1. The van der Waals surface area contributed by atoms with Crippen molar-refractivity contribution in [3.05, 3.63) is 59.0 Å². The number of aromatic nitrogens is 2. The molecule has 1 amide bonds. The minimum Gasteiger partial charge on any atom is -0.435 e. The number of nitrogens with zero attached hydrogens (tertiary/aromatic N) is 4. The van der Waals surface area contributed by atoms with E-state index in [2.05, 4.69) is 26.6 Å². The van der Waals surface area contributed by atoms with Crippen molar-refractivity contribution >= 4 is 18.2 Å². The van der Waals surface area contributed by atoms with Crippen molar-refractivity contribution in [2.24, 2.45) is 4.99 Å². The topological polar surface area (TPSA) is 80.8 Å². The van der Waals surface area contributed by atoms with E-state index in [9.17, 15) is 22.4 Å². The van der Waals surface area contributed by atoms with Crippen LogP contribution >= 0.6 is 0 Å². The van der Waals surface area contributed by atoms with Gasteiger partial charge in [-0.25, -0.2) is 0 Å². The molecule has 30 heavy (non-hydrogen) atoms. The normalized spacial score (nSPS) is 15.0. The Labute approximate surface area is 168 Å². The summed E-state index contributed by atoms with van der Waals surface area (Å²) in [4.78, 5) is 18.1. The summed E-state index contributed by atoms with van der Waals surface area (Å²) >= 11 is 0. The summed E-state index contributed by atoms with van der Waals surface area (Å²) in [7, 11) is 0. The van der Waals surface area contributed by atoms with Gasteiger partial charge in [-0.05, 0) is 37.4 Å². The van der Waals surface area contributed by atoms with Crippen molar-refractivity contribution in [2.75, 3.05) is 6.54 Å². The van der Waals surface area contributed by atoms with Crippen molar-refractivity contribution in [2.45, 2.75) is 26.5 Å². The summed E-state index contributed by atoms with van der Waals surface area (Å²) in [6.07, 6.45) is -1.47. The second-order valence-electron chi connectivity index (χ2n) is 6.28. The molecular weight excluding hydrogens is 408 g/mol. The number of hydrogen-bond donors (Lipinski definition) is 0. The fourth-order valence-corrected chi connectivity index (χ4v) is 2.80. The van der Waals surface area contributed by atoms with Crippen molar-refractivity contribution in [1.82, 2.24) is 15.1 Å². The van der Waals surface area contributed by atoms with Gasteiger partial charge in [-0.3, -0.25) is 9.79 Å². The molecule has 0 atom stereocenters. The molecule has 0 aliphatic carbocycles. The number of aliphatic imine (C=N–C) groups is 1. The van der Waals surface area contributed by atoms with Crippen molar-refractivity contribution in [1.29, 1.82) is 0 Å². The zero-order chi connectivity index (χ0) is 21.8. The van der Waals surface area contributed by atoms with Crippen LogP contribution in [0.4, 0.5) is 17.6 Å². The summed E-state index contributed by atoms with van der Waals surface area (Å²) in [6, 6.07) is 5.89. The molecule has 1 aromatic carbocycles. The van der Waals surface area contributed by atoms with Crippen LogP contribution in [0.3, 0.4) is 0 Å². The average molecular weight is 424 g/mol. The summed E-state index contributed by atoms with van der Waals surface area (Å²) < 4.78 is 58.9. The van der Waals surface area contributed by atoms with Gasteiger partial charge in [0.15, 0.2) is 0 Å². The number of hydrogen-bond acceptors (Lipinski definition) is 6. The van der Waals surface area contributed by atoms with Crippen LogP contribution in [0.25, 0.3) is 5.57 Å². The van der Waals surface area contributed by atoms with E-state index < -0.39 is 18.9 Å². The van der Waals surface area contributed by atoms with Crippen LogP contribution in [0, 0.1) is 0 Å². The Morgan fingerprint density at radius 3 is 2.57 bits per heavy atom. The highest BCUT2D eigenvalue weighted by Gasteiger charge is 2.29. The van der Waals surface area contributed by atoms with Gasteiger partial charge in [-0.1, -0.05) is 12.1 Å².